The molecule has 2 radical (unpaired) electrons. The highest BCUT2D eigenvalue weighted by molar-refractivity contribution is 6.08. The highest BCUT2D eigenvalue weighted by Gasteiger charge is 2.02. The molecule has 1 aromatic rings. The Morgan fingerprint density at radius 2 is 1.91 bits per heavy atom. The van der Waals surface area contributed by atoms with Gasteiger partial charge in [-0.1, -0.05) is 18.5 Å². The third kappa shape index (κ3) is 2.05. The Kier molecular flexibility index (Phi) is 2.66. The van der Waals surface area contributed by atoms with Crippen LogP contribution in [0, 0.1) is 5.82 Å². The summed E-state index contributed by atoms with van der Waals surface area (Å²) in [6.07, 6.45) is -0.526. The Labute approximate surface area is 66.3 Å². The predicted octanol–water partition coefficient (Wildman–Crippen LogP) is 1.45. The fourth-order valence-electron chi connectivity index (χ4n) is 0.821. The molecule has 0 heterocycles. The minimum Gasteiger partial charge on any atom is -0.389 e. The van der Waals surface area contributed by atoms with E-state index in [9.17, 15) is 9.50 Å². The van der Waals surface area contributed by atoms with Gasteiger partial charge in [0, 0.05) is 0 Å². The van der Waals surface area contributed by atoms with Crippen molar-refractivity contribution in [3.05, 3.63) is 35.6 Å². The van der Waals surface area contributed by atoms with Crippen LogP contribution in [0.5, 0.6) is 0 Å². The van der Waals surface area contributed by atoms with E-state index in [4.69, 9.17) is 7.85 Å². The van der Waals surface area contributed by atoms with Gasteiger partial charge in [0.05, 0.1) is 14.0 Å². The monoisotopic (exact) mass is 150 g/mol. The summed E-state index contributed by atoms with van der Waals surface area (Å²) >= 11 is 0. The van der Waals surface area contributed by atoms with Crippen molar-refractivity contribution in [1.29, 1.82) is 0 Å². The summed E-state index contributed by atoms with van der Waals surface area (Å²) in [6, 6.07) is 5.64. The van der Waals surface area contributed by atoms with Gasteiger partial charge in [-0.3, -0.25) is 0 Å². The van der Waals surface area contributed by atoms with Crippen LogP contribution in [0.1, 0.15) is 11.7 Å². The van der Waals surface area contributed by atoms with Crippen LogP contribution >= 0.6 is 0 Å². The van der Waals surface area contributed by atoms with Crippen LogP contribution in [-0.2, 0) is 0 Å². The van der Waals surface area contributed by atoms with Crippen LogP contribution in [-0.4, -0.2) is 13.0 Å². The minimum absolute atomic E-state index is 0.158. The molecule has 1 nitrogen and oxygen atoms in total. The van der Waals surface area contributed by atoms with Crippen LogP contribution in [0.4, 0.5) is 4.39 Å². The van der Waals surface area contributed by atoms with Crippen LogP contribution < -0.4 is 0 Å². The second kappa shape index (κ2) is 3.53. The Morgan fingerprint density at radius 1 is 1.36 bits per heavy atom. The molecule has 0 bridgehead atoms. The van der Waals surface area contributed by atoms with Gasteiger partial charge < -0.3 is 5.11 Å². The molecule has 0 aromatic heterocycles. The molecular weight excluding hydrogens is 142 g/mol. The lowest BCUT2D eigenvalue weighted by molar-refractivity contribution is 0.199. The van der Waals surface area contributed by atoms with Gasteiger partial charge in [-0.15, -0.1) is 0 Å². The van der Waals surface area contributed by atoms with Crippen molar-refractivity contribution >= 4 is 7.85 Å². The van der Waals surface area contributed by atoms with Crippen LogP contribution in [0.25, 0.3) is 0 Å². The number of aliphatic hydroxyl groups is 1. The Morgan fingerprint density at radius 3 is 2.36 bits per heavy atom. The molecule has 0 aliphatic rings. The van der Waals surface area contributed by atoms with E-state index < -0.39 is 6.10 Å². The highest BCUT2D eigenvalue weighted by Crippen LogP contribution is 2.15. The predicted molar refractivity (Wildman–Crippen MR) is 41.9 cm³/mol. The molecule has 0 saturated heterocycles. The first kappa shape index (κ1) is 8.27. The third-order valence-electron chi connectivity index (χ3n) is 1.48. The van der Waals surface area contributed by atoms with E-state index in [1.165, 1.54) is 24.3 Å². The summed E-state index contributed by atoms with van der Waals surface area (Å²) in [6.45, 7) is 0. The zero-order valence-corrected chi connectivity index (χ0v) is 6.00. The summed E-state index contributed by atoms with van der Waals surface area (Å²) in [4.78, 5) is 0. The Bertz CT molecular complexity index is 222. The number of rotatable bonds is 2. The maximum Gasteiger partial charge on any atom is 0.123 e. The number of aliphatic hydroxyl groups excluding tert-OH is 1. The van der Waals surface area contributed by atoms with Gasteiger partial charge in [-0.2, -0.15) is 0 Å². The van der Waals surface area contributed by atoms with E-state index in [2.05, 4.69) is 0 Å². The topological polar surface area (TPSA) is 20.2 Å². The Hall–Kier alpha value is -0.825. The number of hydrogen-bond acceptors (Lipinski definition) is 1. The molecule has 1 N–H and O–H groups in total. The molecule has 0 aliphatic carbocycles. The van der Waals surface area contributed by atoms with Crippen molar-refractivity contribution < 1.29 is 9.50 Å². The molecule has 1 atom stereocenters. The average molecular weight is 150 g/mol. The highest BCUT2D eigenvalue weighted by atomic mass is 19.1. The molecule has 56 valence electrons. The molecule has 0 saturated carbocycles. The maximum atomic E-state index is 12.3. The van der Waals surface area contributed by atoms with E-state index in [1.54, 1.807) is 0 Å². The van der Waals surface area contributed by atoms with Gasteiger partial charge in [0.25, 0.3) is 0 Å². The van der Waals surface area contributed by atoms with Crippen LogP contribution in [0.2, 0.25) is 6.32 Å². The van der Waals surface area contributed by atoms with E-state index in [0.717, 1.165) is 0 Å². The van der Waals surface area contributed by atoms with Crippen molar-refractivity contribution in [3.63, 3.8) is 0 Å². The van der Waals surface area contributed by atoms with E-state index in [1.807, 2.05) is 0 Å². The average Bonchev–Trinajstić information content (AvgIpc) is 2.05. The smallest absolute Gasteiger partial charge is 0.123 e. The van der Waals surface area contributed by atoms with Crippen molar-refractivity contribution in [2.75, 3.05) is 0 Å². The number of halogens is 1. The lowest BCUT2D eigenvalue weighted by atomic mass is 9.94. The summed E-state index contributed by atoms with van der Waals surface area (Å²) in [5.41, 5.74) is 0.647. The molecule has 0 spiro atoms. The van der Waals surface area contributed by atoms with E-state index in [0.29, 0.717) is 5.56 Å². The zero-order chi connectivity index (χ0) is 8.27. The largest absolute Gasteiger partial charge is 0.389 e. The van der Waals surface area contributed by atoms with Gasteiger partial charge in [0.2, 0.25) is 0 Å². The van der Waals surface area contributed by atoms with E-state index >= 15 is 0 Å². The number of hydrogen-bond donors (Lipinski definition) is 1. The van der Waals surface area contributed by atoms with Crippen molar-refractivity contribution in [2.45, 2.75) is 12.4 Å². The molecule has 1 rings (SSSR count). The maximum absolute atomic E-state index is 12.3. The Balaban J connectivity index is 2.81. The second-order valence-corrected chi connectivity index (χ2v) is 2.30. The van der Waals surface area contributed by atoms with E-state index in [-0.39, 0.29) is 12.1 Å². The lowest BCUT2D eigenvalue weighted by Crippen LogP contribution is -1.95. The van der Waals surface area contributed by atoms with Gasteiger partial charge in [-0.25, -0.2) is 4.39 Å². The summed E-state index contributed by atoms with van der Waals surface area (Å²) in [7, 11) is 5.20. The molecule has 0 fully saturated rings. The second-order valence-electron chi connectivity index (χ2n) is 2.30. The molecule has 0 aliphatic heterocycles. The van der Waals surface area contributed by atoms with Crippen LogP contribution in [0.3, 0.4) is 0 Å². The SMILES string of the molecule is [B]C[C@H](O)c1ccc(F)cc1. The molecular formula is C8H8BFO. The summed E-state index contributed by atoms with van der Waals surface area (Å²) in [5.74, 6) is -0.307. The normalized spacial score (nSPS) is 12.9. The zero-order valence-electron chi connectivity index (χ0n) is 6.00. The van der Waals surface area contributed by atoms with Crippen molar-refractivity contribution in [2.24, 2.45) is 0 Å². The van der Waals surface area contributed by atoms with Gasteiger partial charge >= 0.3 is 0 Å². The fraction of sp³-hybridized carbons (Fsp3) is 0.250. The first-order valence-electron chi connectivity index (χ1n) is 3.37. The third-order valence-corrected chi connectivity index (χ3v) is 1.48. The van der Waals surface area contributed by atoms with Gasteiger partial charge in [0.15, 0.2) is 0 Å². The van der Waals surface area contributed by atoms with Crippen molar-refractivity contribution in [1.82, 2.24) is 0 Å². The summed E-state index contributed by atoms with van der Waals surface area (Å²) in [5, 5.41) is 9.17. The fourth-order valence-corrected chi connectivity index (χ4v) is 0.821. The first-order valence-corrected chi connectivity index (χ1v) is 3.37. The van der Waals surface area contributed by atoms with Gasteiger partial charge in [-0.05, 0) is 17.7 Å². The number of benzene rings is 1. The van der Waals surface area contributed by atoms with Crippen molar-refractivity contribution in [3.8, 4) is 0 Å². The quantitative estimate of drug-likeness (QED) is 0.632. The molecule has 1 aromatic carbocycles. The first-order chi connectivity index (χ1) is 5.24. The molecule has 0 amide bonds. The molecule has 3 heteroatoms. The van der Waals surface area contributed by atoms with Gasteiger partial charge in [0.1, 0.15) is 5.82 Å². The lowest BCUT2D eigenvalue weighted by Gasteiger charge is -2.06. The standard InChI is InChI=1S/C8H8BFO/c9-5-8(11)6-1-3-7(10)4-2-6/h1-4,8,11H,5H2/t8-/m0/s1. The molecule has 11 heavy (non-hydrogen) atoms. The summed E-state index contributed by atoms with van der Waals surface area (Å²) < 4.78 is 12.3. The molecule has 0 unspecified atom stereocenters. The van der Waals surface area contributed by atoms with Crippen LogP contribution in [0.15, 0.2) is 24.3 Å². The minimum atomic E-state index is -0.685.